The Morgan fingerprint density at radius 1 is 1.40 bits per heavy atom. The maximum Gasteiger partial charge on any atom is 0.0591 e. The highest BCUT2D eigenvalue weighted by Crippen LogP contribution is 2.14. The fraction of sp³-hybridized carbons (Fsp3) is 0.667. The summed E-state index contributed by atoms with van der Waals surface area (Å²) in [5.41, 5.74) is 1.36. The number of nitrogens with one attached hydrogen (secondary N) is 1. The van der Waals surface area contributed by atoms with Crippen LogP contribution in [0, 0.1) is 5.92 Å². The molecule has 0 amide bonds. The van der Waals surface area contributed by atoms with Gasteiger partial charge < -0.3 is 10.1 Å². The van der Waals surface area contributed by atoms with Gasteiger partial charge in [0.05, 0.1) is 6.61 Å². The van der Waals surface area contributed by atoms with E-state index in [-0.39, 0.29) is 0 Å². The zero-order valence-electron chi connectivity index (χ0n) is 9.82. The van der Waals surface area contributed by atoms with Crippen molar-refractivity contribution in [2.75, 3.05) is 19.8 Å². The summed E-state index contributed by atoms with van der Waals surface area (Å²) in [7, 11) is 0. The lowest BCUT2D eigenvalue weighted by Crippen LogP contribution is -2.23. The molecule has 0 spiro atoms. The monoisotopic (exact) mass is 227 g/mol. The zero-order valence-corrected chi connectivity index (χ0v) is 10.6. The first-order valence-corrected chi connectivity index (χ1v) is 6.47. The van der Waals surface area contributed by atoms with Crippen LogP contribution in [0.3, 0.4) is 0 Å². The van der Waals surface area contributed by atoms with Crippen molar-refractivity contribution >= 4 is 11.3 Å². The minimum atomic E-state index is 0.430. The number of rotatable bonds is 7. The minimum Gasteiger partial charge on any atom is -0.380 e. The molecule has 0 bridgehead atoms. The first-order chi connectivity index (χ1) is 7.20. The van der Waals surface area contributed by atoms with Crippen LogP contribution >= 0.6 is 11.3 Å². The van der Waals surface area contributed by atoms with Crippen molar-refractivity contribution in [1.29, 1.82) is 0 Å². The fourth-order valence-corrected chi connectivity index (χ4v) is 2.06. The lowest BCUT2D eigenvalue weighted by atomic mass is 10.2. The molecule has 0 aliphatic heterocycles. The number of hydrogen-bond donors (Lipinski definition) is 1. The summed E-state index contributed by atoms with van der Waals surface area (Å²) in [5, 5.41) is 7.74. The average Bonchev–Trinajstić information content (AvgIpc) is 2.69. The summed E-state index contributed by atoms with van der Waals surface area (Å²) in [5.74, 6) is 0.624. The van der Waals surface area contributed by atoms with E-state index in [9.17, 15) is 0 Å². The van der Waals surface area contributed by atoms with Gasteiger partial charge in [-0.25, -0.2) is 0 Å². The molecule has 0 unspecified atom stereocenters. The van der Waals surface area contributed by atoms with Gasteiger partial charge in [0.15, 0.2) is 0 Å². The zero-order chi connectivity index (χ0) is 11.1. The highest BCUT2D eigenvalue weighted by molar-refractivity contribution is 7.07. The Morgan fingerprint density at radius 3 is 2.80 bits per heavy atom. The molecule has 1 aromatic rings. The highest BCUT2D eigenvalue weighted by atomic mass is 32.1. The molecule has 1 rings (SSSR count). The van der Waals surface area contributed by atoms with Crippen molar-refractivity contribution in [3.05, 3.63) is 22.4 Å². The van der Waals surface area contributed by atoms with E-state index in [4.69, 9.17) is 4.74 Å². The van der Waals surface area contributed by atoms with Crippen LogP contribution in [0.25, 0.3) is 0 Å². The Labute approximate surface area is 96.7 Å². The molecule has 2 nitrogen and oxygen atoms in total. The third kappa shape index (κ3) is 5.30. The maximum atomic E-state index is 5.50. The van der Waals surface area contributed by atoms with E-state index >= 15 is 0 Å². The SMILES string of the molecule is CC(C)COCCN[C@@H](C)c1ccsc1. The summed E-state index contributed by atoms with van der Waals surface area (Å²) in [6.07, 6.45) is 0. The number of hydrogen-bond acceptors (Lipinski definition) is 3. The molecule has 0 saturated heterocycles. The van der Waals surface area contributed by atoms with Gasteiger partial charge in [-0.2, -0.15) is 11.3 Å². The van der Waals surface area contributed by atoms with E-state index in [1.54, 1.807) is 11.3 Å². The molecule has 15 heavy (non-hydrogen) atoms. The number of thiophene rings is 1. The van der Waals surface area contributed by atoms with Gasteiger partial charge in [0.2, 0.25) is 0 Å². The number of ether oxygens (including phenoxy) is 1. The van der Waals surface area contributed by atoms with Crippen LogP contribution in [0.4, 0.5) is 0 Å². The molecule has 1 N–H and O–H groups in total. The molecule has 86 valence electrons. The molecule has 1 atom stereocenters. The van der Waals surface area contributed by atoms with Gasteiger partial charge in [-0.3, -0.25) is 0 Å². The van der Waals surface area contributed by atoms with Crippen molar-refractivity contribution in [1.82, 2.24) is 5.32 Å². The van der Waals surface area contributed by atoms with Gasteiger partial charge in [-0.15, -0.1) is 0 Å². The maximum absolute atomic E-state index is 5.50. The van der Waals surface area contributed by atoms with Gasteiger partial charge in [-0.05, 0) is 35.2 Å². The molecule has 0 aliphatic carbocycles. The van der Waals surface area contributed by atoms with E-state index < -0.39 is 0 Å². The van der Waals surface area contributed by atoms with Crippen LogP contribution in [-0.4, -0.2) is 19.8 Å². The van der Waals surface area contributed by atoms with E-state index in [1.807, 2.05) is 0 Å². The Kier molecular flexibility index (Phi) is 5.91. The van der Waals surface area contributed by atoms with E-state index in [1.165, 1.54) is 5.56 Å². The molecule has 0 saturated carbocycles. The molecular formula is C12H21NOS. The lowest BCUT2D eigenvalue weighted by molar-refractivity contribution is 0.110. The van der Waals surface area contributed by atoms with Crippen molar-refractivity contribution < 1.29 is 4.74 Å². The largest absolute Gasteiger partial charge is 0.380 e. The van der Waals surface area contributed by atoms with Crippen LogP contribution in [-0.2, 0) is 4.74 Å². The predicted molar refractivity (Wildman–Crippen MR) is 66.4 cm³/mol. The first-order valence-electron chi connectivity index (χ1n) is 5.53. The van der Waals surface area contributed by atoms with E-state index in [2.05, 4.69) is 42.9 Å². The smallest absolute Gasteiger partial charge is 0.0591 e. The van der Waals surface area contributed by atoms with Crippen molar-refractivity contribution in [3.8, 4) is 0 Å². The predicted octanol–water partition coefficient (Wildman–Crippen LogP) is 3.07. The topological polar surface area (TPSA) is 21.3 Å². The van der Waals surface area contributed by atoms with Crippen molar-refractivity contribution in [3.63, 3.8) is 0 Å². The van der Waals surface area contributed by atoms with Crippen LogP contribution in [0.15, 0.2) is 16.8 Å². The molecule has 3 heteroatoms. The quantitative estimate of drug-likeness (QED) is 0.723. The fourth-order valence-electron chi connectivity index (χ4n) is 1.31. The average molecular weight is 227 g/mol. The molecular weight excluding hydrogens is 206 g/mol. The van der Waals surface area contributed by atoms with Crippen molar-refractivity contribution in [2.24, 2.45) is 5.92 Å². The van der Waals surface area contributed by atoms with Crippen LogP contribution < -0.4 is 5.32 Å². The van der Waals surface area contributed by atoms with Gasteiger partial charge in [0, 0.05) is 19.2 Å². The Morgan fingerprint density at radius 2 is 2.20 bits per heavy atom. The summed E-state index contributed by atoms with van der Waals surface area (Å²) in [6, 6.07) is 2.59. The van der Waals surface area contributed by atoms with Gasteiger partial charge >= 0.3 is 0 Å². The summed E-state index contributed by atoms with van der Waals surface area (Å²) in [4.78, 5) is 0. The first kappa shape index (κ1) is 12.7. The third-order valence-electron chi connectivity index (χ3n) is 2.19. The molecule has 1 aromatic heterocycles. The second-order valence-electron chi connectivity index (χ2n) is 4.20. The molecule has 0 aromatic carbocycles. The van der Waals surface area contributed by atoms with E-state index in [0.29, 0.717) is 12.0 Å². The van der Waals surface area contributed by atoms with Gasteiger partial charge in [0.1, 0.15) is 0 Å². The second-order valence-corrected chi connectivity index (χ2v) is 4.98. The molecule has 1 heterocycles. The molecule has 0 fully saturated rings. The molecule has 0 radical (unpaired) electrons. The van der Waals surface area contributed by atoms with Gasteiger partial charge in [-0.1, -0.05) is 13.8 Å². The van der Waals surface area contributed by atoms with Crippen LogP contribution in [0.2, 0.25) is 0 Å². The summed E-state index contributed by atoms with van der Waals surface area (Å²) < 4.78 is 5.50. The molecule has 0 aliphatic rings. The standard InChI is InChI=1S/C12H21NOS/c1-10(2)8-14-6-5-13-11(3)12-4-7-15-9-12/h4,7,9-11,13H,5-6,8H2,1-3H3/t11-/m0/s1. The Balaban J connectivity index is 2.05. The summed E-state index contributed by atoms with van der Waals surface area (Å²) >= 11 is 1.74. The van der Waals surface area contributed by atoms with E-state index in [0.717, 1.165) is 19.8 Å². The third-order valence-corrected chi connectivity index (χ3v) is 2.89. The summed E-state index contributed by atoms with van der Waals surface area (Å²) in [6.45, 7) is 9.10. The van der Waals surface area contributed by atoms with Crippen LogP contribution in [0.5, 0.6) is 0 Å². The van der Waals surface area contributed by atoms with Gasteiger partial charge in [0.25, 0.3) is 0 Å². The Hall–Kier alpha value is -0.380. The van der Waals surface area contributed by atoms with Crippen molar-refractivity contribution in [2.45, 2.75) is 26.8 Å². The normalized spacial score (nSPS) is 13.3. The minimum absolute atomic E-state index is 0.430. The second kappa shape index (κ2) is 6.99. The Bertz CT molecular complexity index is 246. The lowest BCUT2D eigenvalue weighted by Gasteiger charge is -2.13. The highest BCUT2D eigenvalue weighted by Gasteiger charge is 2.03. The van der Waals surface area contributed by atoms with Crippen LogP contribution in [0.1, 0.15) is 32.4 Å².